The van der Waals surface area contributed by atoms with Crippen molar-refractivity contribution < 1.29 is 9.13 Å². The van der Waals surface area contributed by atoms with Gasteiger partial charge in [0, 0.05) is 9.99 Å². The number of hydrogen-bond acceptors (Lipinski definition) is 1. The van der Waals surface area contributed by atoms with Crippen molar-refractivity contribution in [1.82, 2.24) is 0 Å². The van der Waals surface area contributed by atoms with Crippen molar-refractivity contribution in [2.45, 2.75) is 11.0 Å². The maximum absolute atomic E-state index is 13.5. The molecule has 0 heterocycles. The fourth-order valence-electron chi connectivity index (χ4n) is 2.22. The van der Waals surface area contributed by atoms with Crippen LogP contribution in [0, 0.1) is 5.82 Å². The van der Waals surface area contributed by atoms with Crippen LogP contribution in [0.2, 0.25) is 0 Å². The molecule has 3 aromatic rings. The molecule has 3 heteroatoms. The maximum Gasteiger partial charge on any atom is 0.129 e. The van der Waals surface area contributed by atoms with Gasteiger partial charge in [0.05, 0.1) is 0 Å². The van der Waals surface area contributed by atoms with E-state index in [1.165, 1.54) is 17.0 Å². The monoisotopic (exact) mass is 392 g/mol. The summed E-state index contributed by atoms with van der Waals surface area (Å²) in [7, 11) is 0. The molecule has 0 fully saturated rings. The van der Waals surface area contributed by atoms with Gasteiger partial charge in [0.2, 0.25) is 0 Å². The van der Waals surface area contributed by atoms with Crippen molar-refractivity contribution in [3.63, 3.8) is 0 Å². The highest BCUT2D eigenvalue weighted by Gasteiger charge is 2.03. The normalized spacial score (nSPS) is 10.8. The van der Waals surface area contributed by atoms with Crippen LogP contribution in [0.4, 0.5) is 4.39 Å². The molecular weight excluding hydrogens is 378 g/mol. The van der Waals surface area contributed by atoms with Crippen molar-refractivity contribution in [3.8, 4) is 5.75 Å². The molecule has 106 valence electrons. The maximum atomic E-state index is 13.5. The first-order chi connectivity index (χ1) is 10.3. The van der Waals surface area contributed by atoms with Gasteiger partial charge in [-0.25, -0.2) is 4.39 Å². The molecule has 0 radical (unpaired) electrons. The Kier molecular flexibility index (Phi) is 4.39. The second-order valence-corrected chi connectivity index (χ2v) is 5.62. The molecule has 21 heavy (non-hydrogen) atoms. The number of benzene rings is 3. The molecule has 0 atom stereocenters. The summed E-state index contributed by atoms with van der Waals surface area (Å²) in [5.41, 5.74) is 1.88. The van der Waals surface area contributed by atoms with Crippen molar-refractivity contribution in [1.29, 1.82) is 0 Å². The number of halogens is 2. The van der Waals surface area contributed by atoms with Crippen LogP contribution in [0.25, 0.3) is 10.8 Å². The first kappa shape index (κ1) is 14.3. The van der Waals surface area contributed by atoms with E-state index in [0.29, 0.717) is 5.56 Å². The molecule has 0 amide bonds. The Morgan fingerprint density at radius 2 is 1.67 bits per heavy atom. The number of ether oxygens (including phenoxy) is 1. The first-order valence-electron chi connectivity index (χ1n) is 6.71. The number of alkyl halides is 1. The molecular formula is C18H14FIO. The van der Waals surface area contributed by atoms with Crippen molar-refractivity contribution in [2.75, 3.05) is 0 Å². The highest BCUT2D eigenvalue weighted by Crippen LogP contribution is 2.24. The van der Waals surface area contributed by atoms with Gasteiger partial charge in [-0.2, -0.15) is 0 Å². The third-order valence-corrected chi connectivity index (χ3v) is 4.26. The highest BCUT2D eigenvalue weighted by atomic mass is 127. The standard InChI is InChI=1S/C18H14FIO/c19-18-4-2-1-3-16(18)12-21-17-8-7-14-9-13(11-20)5-6-15(14)10-17/h1-10H,11-12H2. The van der Waals surface area contributed by atoms with Crippen LogP contribution in [-0.2, 0) is 11.0 Å². The Hall–Kier alpha value is -1.62. The summed E-state index contributed by atoms with van der Waals surface area (Å²) in [6.45, 7) is 0.240. The van der Waals surface area contributed by atoms with Gasteiger partial charge in [-0.1, -0.05) is 65.1 Å². The Balaban J connectivity index is 1.80. The molecule has 0 aliphatic rings. The Morgan fingerprint density at radius 3 is 2.48 bits per heavy atom. The Bertz CT molecular complexity index is 770. The molecule has 0 aliphatic carbocycles. The van der Waals surface area contributed by atoms with Crippen molar-refractivity contribution >= 4 is 33.4 Å². The summed E-state index contributed by atoms with van der Waals surface area (Å²) in [6, 6.07) is 19.0. The largest absolute Gasteiger partial charge is 0.489 e. The van der Waals surface area contributed by atoms with Crippen molar-refractivity contribution in [2.24, 2.45) is 0 Å². The van der Waals surface area contributed by atoms with E-state index in [1.807, 2.05) is 24.3 Å². The van der Waals surface area contributed by atoms with Gasteiger partial charge in [0.1, 0.15) is 18.2 Å². The second-order valence-electron chi connectivity index (χ2n) is 4.86. The van der Waals surface area contributed by atoms with Gasteiger partial charge in [0.15, 0.2) is 0 Å². The zero-order valence-corrected chi connectivity index (χ0v) is 13.5. The second kappa shape index (κ2) is 6.43. The molecule has 0 spiro atoms. The van der Waals surface area contributed by atoms with E-state index in [9.17, 15) is 4.39 Å². The minimum Gasteiger partial charge on any atom is -0.489 e. The molecule has 0 aromatic heterocycles. The number of fused-ring (bicyclic) bond motifs is 1. The van der Waals surface area contributed by atoms with E-state index in [4.69, 9.17) is 4.74 Å². The van der Waals surface area contributed by atoms with Crippen molar-refractivity contribution in [3.05, 3.63) is 77.6 Å². The third-order valence-electron chi connectivity index (χ3n) is 3.38. The minimum absolute atomic E-state index is 0.232. The predicted molar refractivity (Wildman–Crippen MR) is 92.4 cm³/mol. The van der Waals surface area contributed by atoms with Crippen LogP contribution in [0.1, 0.15) is 11.1 Å². The molecule has 0 aliphatic heterocycles. The lowest BCUT2D eigenvalue weighted by atomic mass is 10.1. The van der Waals surface area contributed by atoms with Crippen LogP contribution in [0.3, 0.4) is 0 Å². The zero-order valence-electron chi connectivity index (χ0n) is 11.4. The third kappa shape index (κ3) is 3.35. The summed E-state index contributed by atoms with van der Waals surface area (Å²) in [5, 5.41) is 2.33. The summed E-state index contributed by atoms with van der Waals surface area (Å²) in [6.07, 6.45) is 0. The predicted octanol–water partition coefficient (Wildman–Crippen LogP) is 5.49. The quantitative estimate of drug-likeness (QED) is 0.421. The Labute approximate surface area is 136 Å². The fourth-order valence-corrected chi connectivity index (χ4v) is 2.70. The van der Waals surface area contributed by atoms with Gasteiger partial charge in [-0.05, 0) is 34.5 Å². The van der Waals surface area contributed by atoms with Gasteiger partial charge in [0.25, 0.3) is 0 Å². The number of hydrogen-bond donors (Lipinski definition) is 0. The molecule has 0 unspecified atom stereocenters. The average Bonchev–Trinajstić information content (AvgIpc) is 2.53. The van der Waals surface area contributed by atoms with Gasteiger partial charge in [-0.15, -0.1) is 0 Å². The molecule has 0 saturated carbocycles. The molecule has 0 bridgehead atoms. The van der Waals surface area contributed by atoms with E-state index in [2.05, 4.69) is 40.8 Å². The van der Waals surface area contributed by atoms with Gasteiger partial charge in [-0.3, -0.25) is 0 Å². The first-order valence-corrected chi connectivity index (χ1v) is 8.24. The summed E-state index contributed by atoms with van der Waals surface area (Å²) in [4.78, 5) is 0. The van der Waals surface area contributed by atoms with Crippen LogP contribution < -0.4 is 4.74 Å². The molecule has 0 saturated heterocycles. The van der Waals surface area contributed by atoms with E-state index < -0.39 is 0 Å². The summed E-state index contributed by atoms with van der Waals surface area (Å²) < 4.78 is 20.2. The van der Waals surface area contributed by atoms with E-state index in [-0.39, 0.29) is 12.4 Å². The Morgan fingerprint density at radius 1 is 0.905 bits per heavy atom. The van der Waals surface area contributed by atoms with E-state index in [1.54, 1.807) is 12.1 Å². The lowest BCUT2D eigenvalue weighted by Crippen LogP contribution is -1.98. The summed E-state index contributed by atoms with van der Waals surface area (Å²) >= 11 is 2.36. The lowest BCUT2D eigenvalue weighted by Gasteiger charge is -2.08. The number of rotatable bonds is 4. The van der Waals surface area contributed by atoms with Crippen LogP contribution in [0.5, 0.6) is 5.75 Å². The zero-order chi connectivity index (χ0) is 14.7. The topological polar surface area (TPSA) is 9.23 Å². The molecule has 3 aromatic carbocycles. The van der Waals surface area contributed by atoms with E-state index >= 15 is 0 Å². The molecule has 3 rings (SSSR count). The SMILES string of the molecule is Fc1ccccc1COc1ccc2cc(CI)ccc2c1. The minimum atomic E-state index is -0.232. The molecule has 1 nitrogen and oxygen atoms in total. The molecule has 0 N–H and O–H groups in total. The van der Waals surface area contributed by atoms with Crippen LogP contribution >= 0.6 is 22.6 Å². The lowest BCUT2D eigenvalue weighted by molar-refractivity contribution is 0.300. The van der Waals surface area contributed by atoms with Gasteiger partial charge < -0.3 is 4.74 Å². The smallest absolute Gasteiger partial charge is 0.129 e. The average molecular weight is 392 g/mol. The van der Waals surface area contributed by atoms with Crippen LogP contribution in [-0.4, -0.2) is 0 Å². The highest BCUT2D eigenvalue weighted by molar-refractivity contribution is 14.1. The van der Waals surface area contributed by atoms with Crippen LogP contribution in [0.15, 0.2) is 60.7 Å². The fraction of sp³-hybridized carbons (Fsp3) is 0.111. The van der Waals surface area contributed by atoms with Gasteiger partial charge >= 0.3 is 0 Å². The van der Waals surface area contributed by atoms with E-state index in [0.717, 1.165) is 15.6 Å². The summed E-state index contributed by atoms with van der Waals surface area (Å²) in [5.74, 6) is 0.526.